The topological polar surface area (TPSA) is 74.1 Å². The Morgan fingerprint density at radius 1 is 1.07 bits per heavy atom. The van der Waals surface area contributed by atoms with Gasteiger partial charge in [-0.05, 0) is 24.3 Å². The molecule has 0 saturated carbocycles. The lowest BCUT2D eigenvalue weighted by molar-refractivity contribution is -0.132. The maximum Gasteiger partial charge on any atom is 0.289 e. The summed E-state index contributed by atoms with van der Waals surface area (Å²) in [7, 11) is 0. The van der Waals surface area contributed by atoms with Crippen molar-refractivity contribution in [2.24, 2.45) is 0 Å². The summed E-state index contributed by atoms with van der Waals surface area (Å²) >= 11 is 0. The van der Waals surface area contributed by atoms with Crippen LogP contribution in [0.25, 0.3) is 0 Å². The van der Waals surface area contributed by atoms with Crippen molar-refractivity contribution in [1.29, 1.82) is 0 Å². The van der Waals surface area contributed by atoms with Gasteiger partial charge in [-0.2, -0.15) is 0 Å². The number of carbonyl (C=O) groups is 3. The van der Waals surface area contributed by atoms with Gasteiger partial charge in [0.2, 0.25) is 11.8 Å². The number of piperazine rings is 1. The lowest BCUT2D eigenvalue weighted by atomic mass is 10.2. The van der Waals surface area contributed by atoms with Crippen LogP contribution in [0, 0.1) is 11.6 Å². The summed E-state index contributed by atoms with van der Waals surface area (Å²) in [5, 5.41) is 0. The summed E-state index contributed by atoms with van der Waals surface area (Å²) < 4.78 is 32.2. The SMILES string of the molecule is CC(=O)N(CC(=O)N1CCN(C(=O)c2ccco2)CC1)c1ccc(F)cc1F. The summed E-state index contributed by atoms with van der Waals surface area (Å²) in [5.74, 6) is -2.63. The molecule has 7 nitrogen and oxygen atoms in total. The maximum atomic E-state index is 14.0. The molecule has 2 heterocycles. The van der Waals surface area contributed by atoms with Gasteiger partial charge < -0.3 is 19.1 Å². The Labute approximate surface area is 160 Å². The average molecular weight is 391 g/mol. The molecule has 0 atom stereocenters. The minimum Gasteiger partial charge on any atom is -0.459 e. The van der Waals surface area contributed by atoms with E-state index in [0.717, 1.165) is 17.0 Å². The average Bonchev–Trinajstić information content (AvgIpc) is 3.20. The first-order valence-electron chi connectivity index (χ1n) is 8.70. The molecule has 0 aliphatic carbocycles. The number of anilines is 1. The molecule has 0 unspecified atom stereocenters. The van der Waals surface area contributed by atoms with Gasteiger partial charge in [0.1, 0.15) is 18.2 Å². The van der Waals surface area contributed by atoms with Crippen LogP contribution < -0.4 is 4.90 Å². The molecule has 0 radical (unpaired) electrons. The maximum absolute atomic E-state index is 14.0. The third kappa shape index (κ3) is 4.19. The second kappa shape index (κ2) is 8.20. The van der Waals surface area contributed by atoms with Crippen molar-refractivity contribution in [2.75, 3.05) is 37.6 Å². The van der Waals surface area contributed by atoms with Crippen molar-refractivity contribution in [2.45, 2.75) is 6.92 Å². The van der Waals surface area contributed by atoms with Crippen LogP contribution >= 0.6 is 0 Å². The summed E-state index contributed by atoms with van der Waals surface area (Å²) in [4.78, 5) is 40.8. The minimum absolute atomic E-state index is 0.158. The molecular formula is C19H19F2N3O4. The molecule has 3 amide bonds. The van der Waals surface area contributed by atoms with Gasteiger partial charge in [-0.1, -0.05) is 0 Å². The second-order valence-corrected chi connectivity index (χ2v) is 6.35. The molecule has 1 aliphatic heterocycles. The van der Waals surface area contributed by atoms with E-state index in [0.29, 0.717) is 19.2 Å². The molecule has 1 aromatic carbocycles. The van der Waals surface area contributed by atoms with Crippen molar-refractivity contribution < 1.29 is 27.6 Å². The van der Waals surface area contributed by atoms with E-state index in [-0.39, 0.29) is 42.9 Å². The molecule has 1 aliphatic rings. The molecule has 9 heteroatoms. The zero-order valence-corrected chi connectivity index (χ0v) is 15.2. The molecule has 0 N–H and O–H groups in total. The van der Waals surface area contributed by atoms with Crippen molar-refractivity contribution >= 4 is 23.4 Å². The van der Waals surface area contributed by atoms with Gasteiger partial charge in [0, 0.05) is 39.2 Å². The Hall–Kier alpha value is -3.23. The van der Waals surface area contributed by atoms with Gasteiger partial charge in [0.05, 0.1) is 12.0 Å². The predicted octanol–water partition coefficient (Wildman–Crippen LogP) is 1.90. The van der Waals surface area contributed by atoms with Crippen molar-refractivity contribution in [3.05, 3.63) is 54.0 Å². The minimum atomic E-state index is -0.920. The number of nitrogens with zero attached hydrogens (tertiary/aromatic N) is 3. The molecule has 1 saturated heterocycles. The number of hydrogen-bond donors (Lipinski definition) is 0. The van der Waals surface area contributed by atoms with Crippen molar-refractivity contribution in [1.82, 2.24) is 9.80 Å². The highest BCUT2D eigenvalue weighted by Gasteiger charge is 2.28. The van der Waals surface area contributed by atoms with Crippen LogP contribution in [-0.4, -0.2) is 60.2 Å². The van der Waals surface area contributed by atoms with Gasteiger partial charge in [-0.25, -0.2) is 8.78 Å². The quantitative estimate of drug-likeness (QED) is 0.798. The fraction of sp³-hybridized carbons (Fsp3) is 0.316. The lowest BCUT2D eigenvalue weighted by Crippen LogP contribution is -2.53. The van der Waals surface area contributed by atoms with E-state index in [9.17, 15) is 23.2 Å². The Bertz CT molecular complexity index is 877. The molecule has 1 fully saturated rings. The Balaban J connectivity index is 1.62. The van der Waals surface area contributed by atoms with E-state index in [1.165, 1.54) is 18.1 Å². The summed E-state index contributed by atoms with van der Waals surface area (Å²) in [6.07, 6.45) is 1.41. The number of amides is 3. The number of furan rings is 1. The van der Waals surface area contributed by atoms with E-state index in [1.807, 2.05) is 0 Å². The fourth-order valence-corrected chi connectivity index (χ4v) is 3.02. The number of hydrogen-bond acceptors (Lipinski definition) is 4. The highest BCUT2D eigenvalue weighted by atomic mass is 19.1. The van der Waals surface area contributed by atoms with Crippen molar-refractivity contribution in [3.63, 3.8) is 0 Å². The highest BCUT2D eigenvalue weighted by Crippen LogP contribution is 2.21. The summed E-state index contributed by atoms with van der Waals surface area (Å²) in [5.41, 5.74) is -0.158. The molecule has 1 aromatic heterocycles. The summed E-state index contributed by atoms with van der Waals surface area (Å²) in [6, 6.07) is 6.01. The molecule has 2 aromatic rings. The van der Waals surface area contributed by atoms with Gasteiger partial charge in [-0.15, -0.1) is 0 Å². The highest BCUT2D eigenvalue weighted by molar-refractivity contribution is 5.97. The van der Waals surface area contributed by atoms with Crippen LogP contribution in [0.5, 0.6) is 0 Å². The van der Waals surface area contributed by atoms with Crippen LogP contribution in [0.15, 0.2) is 41.0 Å². The van der Waals surface area contributed by atoms with Gasteiger partial charge in [0.25, 0.3) is 5.91 Å². The lowest BCUT2D eigenvalue weighted by Gasteiger charge is -2.35. The Kier molecular flexibility index (Phi) is 5.72. The number of carbonyl (C=O) groups excluding carboxylic acids is 3. The smallest absolute Gasteiger partial charge is 0.289 e. The van der Waals surface area contributed by atoms with E-state index >= 15 is 0 Å². The van der Waals surface area contributed by atoms with Crippen LogP contribution in [0.1, 0.15) is 17.5 Å². The molecular weight excluding hydrogens is 372 g/mol. The molecule has 0 bridgehead atoms. The molecule has 0 spiro atoms. The monoisotopic (exact) mass is 391 g/mol. The molecule has 28 heavy (non-hydrogen) atoms. The van der Waals surface area contributed by atoms with Gasteiger partial charge in [0.15, 0.2) is 5.76 Å². The Morgan fingerprint density at radius 2 is 1.75 bits per heavy atom. The van der Waals surface area contributed by atoms with Gasteiger partial charge >= 0.3 is 0 Å². The molecule has 148 valence electrons. The normalized spacial score (nSPS) is 14.1. The standard InChI is InChI=1S/C19H19F2N3O4/c1-13(25)24(16-5-4-14(20)11-15(16)21)12-18(26)22-6-8-23(9-7-22)19(27)17-3-2-10-28-17/h2-5,10-11H,6-9,12H2,1H3. The van der Waals surface area contributed by atoms with Crippen LogP contribution in [0.3, 0.4) is 0 Å². The number of halogens is 2. The fourth-order valence-electron chi connectivity index (χ4n) is 3.02. The van der Waals surface area contributed by atoms with Gasteiger partial charge in [-0.3, -0.25) is 14.4 Å². The zero-order valence-electron chi connectivity index (χ0n) is 15.2. The predicted molar refractivity (Wildman–Crippen MR) is 95.6 cm³/mol. The Morgan fingerprint density at radius 3 is 2.32 bits per heavy atom. The van der Waals surface area contributed by atoms with Crippen molar-refractivity contribution in [3.8, 4) is 0 Å². The van der Waals surface area contributed by atoms with Crippen LogP contribution in [0.2, 0.25) is 0 Å². The van der Waals surface area contributed by atoms with E-state index in [4.69, 9.17) is 4.42 Å². The van der Waals surface area contributed by atoms with Crippen LogP contribution in [-0.2, 0) is 9.59 Å². The second-order valence-electron chi connectivity index (χ2n) is 6.35. The first-order valence-corrected chi connectivity index (χ1v) is 8.70. The third-order valence-electron chi connectivity index (χ3n) is 4.53. The summed E-state index contributed by atoms with van der Waals surface area (Å²) in [6.45, 7) is 2.03. The number of benzene rings is 1. The van der Waals surface area contributed by atoms with E-state index in [1.54, 1.807) is 17.0 Å². The van der Waals surface area contributed by atoms with E-state index < -0.39 is 17.5 Å². The van der Waals surface area contributed by atoms with E-state index in [2.05, 4.69) is 0 Å². The zero-order chi connectivity index (χ0) is 20.3. The number of rotatable bonds is 4. The molecule has 3 rings (SSSR count). The third-order valence-corrected chi connectivity index (χ3v) is 4.53. The largest absolute Gasteiger partial charge is 0.459 e. The first-order chi connectivity index (χ1) is 13.4. The van der Waals surface area contributed by atoms with Crippen LogP contribution in [0.4, 0.5) is 14.5 Å². The first kappa shape index (κ1) is 19.5.